The van der Waals surface area contributed by atoms with E-state index in [1.54, 1.807) is 0 Å². The van der Waals surface area contributed by atoms with Gasteiger partial charge in [0.1, 0.15) is 11.9 Å². The van der Waals surface area contributed by atoms with Crippen molar-refractivity contribution in [2.45, 2.75) is 64.8 Å². The summed E-state index contributed by atoms with van der Waals surface area (Å²) in [6, 6.07) is 6.19. The van der Waals surface area contributed by atoms with E-state index in [0.717, 1.165) is 42.8 Å². The first-order chi connectivity index (χ1) is 10.8. The van der Waals surface area contributed by atoms with Crippen LogP contribution < -0.4 is 10.2 Å². The topological polar surface area (TPSA) is 36.9 Å². The monoisotopic (exact) mass is 318 g/mol. The maximum absolute atomic E-state index is 6.12. The quantitative estimate of drug-likeness (QED) is 0.803. The van der Waals surface area contributed by atoms with Crippen LogP contribution in [0.2, 0.25) is 0 Å². The Kier molecular flexibility index (Phi) is 4.47. The number of aryl methyl sites for hydroxylation is 1. The van der Waals surface area contributed by atoms with E-state index < -0.39 is 0 Å². The van der Waals surface area contributed by atoms with E-state index in [-0.39, 0.29) is 24.4 Å². The van der Waals surface area contributed by atoms with E-state index in [2.05, 4.69) is 40.7 Å². The van der Waals surface area contributed by atoms with Crippen molar-refractivity contribution >= 4 is 12.6 Å². The molecule has 0 bridgehead atoms. The van der Waals surface area contributed by atoms with Crippen LogP contribution in [0.4, 0.5) is 0 Å². The highest BCUT2D eigenvalue weighted by Gasteiger charge is 2.51. The molecule has 3 rings (SSSR count). The van der Waals surface area contributed by atoms with Crippen molar-refractivity contribution in [3.63, 3.8) is 0 Å². The van der Waals surface area contributed by atoms with Crippen molar-refractivity contribution in [2.24, 2.45) is 0 Å². The van der Waals surface area contributed by atoms with Gasteiger partial charge in [0.05, 0.1) is 24.4 Å². The average Bonchev–Trinajstić information content (AvgIpc) is 2.71. The minimum atomic E-state index is -0.323. The van der Waals surface area contributed by atoms with E-state index in [1.165, 1.54) is 0 Å². The van der Waals surface area contributed by atoms with Crippen molar-refractivity contribution in [2.75, 3.05) is 13.2 Å². The predicted octanol–water partition coefficient (Wildman–Crippen LogP) is 2.85. The van der Waals surface area contributed by atoms with E-state index >= 15 is 0 Å². The number of hydrogen-bond acceptors (Lipinski definition) is 4. The molecule has 5 heteroatoms. The molecule has 0 atom stereocenters. The van der Waals surface area contributed by atoms with Gasteiger partial charge in [-0.25, -0.2) is 0 Å². The van der Waals surface area contributed by atoms with Crippen molar-refractivity contribution in [3.8, 4) is 5.75 Å². The third kappa shape index (κ3) is 3.42. The molecule has 0 radical (unpaired) electrons. The van der Waals surface area contributed by atoms with Crippen LogP contribution in [0.25, 0.3) is 0 Å². The summed E-state index contributed by atoms with van der Waals surface area (Å²) in [5, 5.41) is 0. The Bertz CT molecular complexity index is 548. The summed E-state index contributed by atoms with van der Waals surface area (Å²) in [6.45, 7) is 11.9. The fourth-order valence-electron chi connectivity index (χ4n) is 2.90. The van der Waals surface area contributed by atoms with Crippen LogP contribution in [-0.4, -0.2) is 37.6 Å². The normalized spacial score (nSPS) is 24.0. The van der Waals surface area contributed by atoms with Crippen LogP contribution >= 0.6 is 0 Å². The summed E-state index contributed by atoms with van der Waals surface area (Å²) in [4.78, 5) is 0. The SMILES string of the molecule is Cc1cc(B2OC(C)(C)C(C)(C)O2)ccc1OC1CCOCC1. The molecule has 2 heterocycles. The molecular weight excluding hydrogens is 291 g/mol. The zero-order valence-electron chi connectivity index (χ0n) is 14.8. The molecule has 0 N–H and O–H groups in total. The van der Waals surface area contributed by atoms with Gasteiger partial charge in [0.15, 0.2) is 0 Å². The smallest absolute Gasteiger partial charge is 0.490 e. The first-order valence-electron chi connectivity index (χ1n) is 8.49. The summed E-state index contributed by atoms with van der Waals surface area (Å²) >= 11 is 0. The fraction of sp³-hybridized carbons (Fsp3) is 0.667. The molecule has 2 aliphatic rings. The van der Waals surface area contributed by atoms with Crippen LogP contribution in [0, 0.1) is 6.92 Å². The Hall–Kier alpha value is -1.04. The molecule has 0 aliphatic carbocycles. The summed E-state index contributed by atoms with van der Waals surface area (Å²) in [7, 11) is -0.323. The molecule has 1 aromatic rings. The highest BCUT2D eigenvalue weighted by Crippen LogP contribution is 2.36. The van der Waals surface area contributed by atoms with Gasteiger partial charge in [-0.1, -0.05) is 12.1 Å². The van der Waals surface area contributed by atoms with Gasteiger partial charge in [0, 0.05) is 12.8 Å². The molecule has 4 nitrogen and oxygen atoms in total. The van der Waals surface area contributed by atoms with Crippen molar-refractivity contribution in [1.82, 2.24) is 0 Å². The fourth-order valence-corrected chi connectivity index (χ4v) is 2.90. The van der Waals surface area contributed by atoms with Crippen LogP contribution in [0.5, 0.6) is 5.75 Å². The molecule has 23 heavy (non-hydrogen) atoms. The average molecular weight is 318 g/mol. The Balaban J connectivity index is 1.72. The molecular formula is C18H27BO4. The largest absolute Gasteiger partial charge is 0.494 e. The molecule has 0 saturated carbocycles. The first kappa shape index (κ1) is 16.8. The summed E-state index contributed by atoms with van der Waals surface area (Å²) in [5.41, 5.74) is 1.52. The maximum atomic E-state index is 6.12. The number of benzene rings is 1. The van der Waals surface area contributed by atoms with Gasteiger partial charge < -0.3 is 18.8 Å². The van der Waals surface area contributed by atoms with E-state index in [1.807, 2.05) is 12.1 Å². The lowest BCUT2D eigenvalue weighted by molar-refractivity contribution is 0.00578. The predicted molar refractivity (Wildman–Crippen MR) is 91.4 cm³/mol. The van der Waals surface area contributed by atoms with Crippen LogP contribution in [0.15, 0.2) is 18.2 Å². The van der Waals surface area contributed by atoms with Gasteiger partial charge in [-0.2, -0.15) is 0 Å². The van der Waals surface area contributed by atoms with Crippen LogP contribution in [-0.2, 0) is 14.0 Å². The van der Waals surface area contributed by atoms with Crippen molar-refractivity contribution < 1.29 is 18.8 Å². The van der Waals surface area contributed by atoms with Gasteiger partial charge >= 0.3 is 7.12 Å². The molecule has 0 spiro atoms. The maximum Gasteiger partial charge on any atom is 0.494 e. The second kappa shape index (κ2) is 6.12. The number of ether oxygens (including phenoxy) is 2. The summed E-state index contributed by atoms with van der Waals surface area (Å²) in [6.07, 6.45) is 2.17. The Morgan fingerprint density at radius 3 is 2.22 bits per heavy atom. The highest BCUT2D eigenvalue weighted by atomic mass is 16.7. The van der Waals surface area contributed by atoms with Gasteiger partial charge in [-0.3, -0.25) is 0 Å². The summed E-state index contributed by atoms with van der Waals surface area (Å²) < 4.78 is 23.7. The van der Waals surface area contributed by atoms with Gasteiger partial charge in [-0.15, -0.1) is 0 Å². The van der Waals surface area contributed by atoms with Crippen molar-refractivity contribution in [1.29, 1.82) is 0 Å². The van der Waals surface area contributed by atoms with Gasteiger partial charge in [0.2, 0.25) is 0 Å². The molecule has 0 amide bonds. The number of hydrogen-bond donors (Lipinski definition) is 0. The lowest BCUT2D eigenvalue weighted by Crippen LogP contribution is -2.41. The van der Waals surface area contributed by atoms with E-state index in [4.69, 9.17) is 18.8 Å². The molecule has 126 valence electrons. The van der Waals surface area contributed by atoms with Crippen molar-refractivity contribution in [3.05, 3.63) is 23.8 Å². The minimum absolute atomic E-state index is 0.255. The number of rotatable bonds is 3. The molecule has 0 unspecified atom stereocenters. The third-order valence-electron chi connectivity index (χ3n) is 5.19. The van der Waals surface area contributed by atoms with Crippen LogP contribution in [0.1, 0.15) is 46.1 Å². The molecule has 0 aromatic heterocycles. The lowest BCUT2D eigenvalue weighted by Gasteiger charge is -2.32. The molecule has 2 aliphatic heterocycles. The highest BCUT2D eigenvalue weighted by molar-refractivity contribution is 6.62. The van der Waals surface area contributed by atoms with Gasteiger partial charge in [-0.05, 0) is 51.7 Å². The van der Waals surface area contributed by atoms with Crippen LogP contribution in [0.3, 0.4) is 0 Å². The zero-order valence-corrected chi connectivity index (χ0v) is 14.8. The first-order valence-corrected chi connectivity index (χ1v) is 8.49. The Labute approximate surface area is 139 Å². The van der Waals surface area contributed by atoms with E-state index in [9.17, 15) is 0 Å². The second-order valence-corrected chi connectivity index (χ2v) is 7.54. The summed E-state index contributed by atoms with van der Waals surface area (Å²) in [5.74, 6) is 0.942. The zero-order chi connectivity index (χ0) is 16.7. The molecule has 2 saturated heterocycles. The Morgan fingerprint density at radius 2 is 1.65 bits per heavy atom. The Morgan fingerprint density at radius 1 is 1.04 bits per heavy atom. The van der Waals surface area contributed by atoms with Gasteiger partial charge in [0.25, 0.3) is 0 Å². The minimum Gasteiger partial charge on any atom is -0.490 e. The third-order valence-corrected chi connectivity index (χ3v) is 5.19. The van der Waals surface area contributed by atoms with E-state index in [0.29, 0.717) is 0 Å². The molecule has 1 aromatic carbocycles. The lowest BCUT2D eigenvalue weighted by atomic mass is 9.78. The standard InChI is InChI=1S/C18H27BO4/c1-13-12-14(19-22-17(2,3)18(4,5)23-19)6-7-16(13)21-15-8-10-20-11-9-15/h6-7,12,15H,8-11H2,1-5H3. The second-order valence-electron chi connectivity index (χ2n) is 7.54. The molecule has 2 fully saturated rings.